The summed E-state index contributed by atoms with van der Waals surface area (Å²) in [7, 11) is -1.28. The number of halogens is 1. The summed E-state index contributed by atoms with van der Waals surface area (Å²) in [5.41, 5.74) is 1.87. The molecule has 0 unspecified atom stereocenters. The molecule has 1 N–H and O–H groups in total. The third-order valence-corrected chi connectivity index (χ3v) is 7.31. The molecule has 0 aromatic heterocycles. The number of carbonyl (C=O) groups is 1. The first kappa shape index (κ1) is 25.4. The Balaban J connectivity index is 1.98. The molecule has 0 aliphatic heterocycles. The van der Waals surface area contributed by atoms with Crippen LogP contribution in [0.2, 0.25) is 5.02 Å². The monoisotopic (exact) mass is 502 g/mol. The average Bonchev–Trinajstić information content (AvgIpc) is 2.82. The Morgan fingerprint density at radius 1 is 1.03 bits per heavy atom. The number of benzene rings is 3. The van der Waals surface area contributed by atoms with Gasteiger partial charge in [0.15, 0.2) is 0 Å². The average molecular weight is 503 g/mol. The van der Waals surface area contributed by atoms with Crippen LogP contribution in [-0.2, 0) is 14.8 Å². The molecule has 0 aliphatic carbocycles. The first-order chi connectivity index (χ1) is 16.1. The lowest BCUT2D eigenvalue weighted by Crippen LogP contribution is -2.41. The van der Waals surface area contributed by atoms with Crippen molar-refractivity contribution in [2.45, 2.75) is 24.8 Å². The van der Waals surface area contributed by atoms with E-state index in [4.69, 9.17) is 21.1 Å². The van der Waals surface area contributed by atoms with Crippen LogP contribution < -0.4 is 19.1 Å². The second kappa shape index (κ2) is 10.8. The smallest absolute Gasteiger partial charge is 0.268 e. The van der Waals surface area contributed by atoms with Crippen LogP contribution in [0.25, 0.3) is 0 Å². The number of ether oxygens (including phenoxy) is 2. The lowest BCUT2D eigenvalue weighted by Gasteiger charge is -2.26. The van der Waals surface area contributed by atoms with Gasteiger partial charge in [-0.25, -0.2) is 8.42 Å². The lowest BCUT2D eigenvalue weighted by molar-refractivity contribution is -0.120. The Kier molecular flexibility index (Phi) is 8.06. The molecule has 7 nitrogen and oxygen atoms in total. The van der Waals surface area contributed by atoms with E-state index in [0.29, 0.717) is 10.8 Å². The van der Waals surface area contributed by atoms with Crippen LogP contribution in [0.5, 0.6) is 11.5 Å². The van der Waals surface area contributed by atoms with Gasteiger partial charge >= 0.3 is 0 Å². The molecular formula is C25H27ClN2O5S. The van der Waals surface area contributed by atoms with Gasteiger partial charge in [-0.1, -0.05) is 35.9 Å². The van der Waals surface area contributed by atoms with Gasteiger partial charge in [0.25, 0.3) is 10.0 Å². The summed E-state index contributed by atoms with van der Waals surface area (Å²) < 4.78 is 39.2. The Labute approximate surface area is 205 Å². The molecule has 3 aromatic rings. The summed E-state index contributed by atoms with van der Waals surface area (Å²) in [6.45, 7) is 3.16. The highest BCUT2D eigenvalue weighted by molar-refractivity contribution is 7.93. The number of methoxy groups -OCH3 is 2. The normalized spacial score (nSPS) is 12.0. The summed E-state index contributed by atoms with van der Waals surface area (Å²) in [5.74, 6) is 0.178. The summed E-state index contributed by atoms with van der Waals surface area (Å²) in [6, 6.07) is 18.1. The minimum absolute atomic E-state index is 0.0311. The van der Waals surface area contributed by atoms with Gasteiger partial charge in [-0.15, -0.1) is 0 Å². The van der Waals surface area contributed by atoms with E-state index in [1.807, 2.05) is 19.1 Å². The summed E-state index contributed by atoms with van der Waals surface area (Å²) in [4.78, 5) is 13.0. The Morgan fingerprint density at radius 2 is 1.74 bits per heavy atom. The fourth-order valence-corrected chi connectivity index (χ4v) is 5.22. The summed E-state index contributed by atoms with van der Waals surface area (Å²) in [5, 5.41) is 3.45. The molecule has 1 atom stereocenters. The first-order valence-corrected chi connectivity index (χ1v) is 12.3. The Morgan fingerprint density at radius 3 is 2.38 bits per heavy atom. The van der Waals surface area contributed by atoms with Crippen molar-refractivity contribution in [1.29, 1.82) is 0 Å². The van der Waals surface area contributed by atoms with Crippen LogP contribution in [0, 0.1) is 6.92 Å². The van der Waals surface area contributed by atoms with E-state index in [-0.39, 0.29) is 22.4 Å². The minimum Gasteiger partial charge on any atom is -0.497 e. The van der Waals surface area contributed by atoms with E-state index in [1.54, 1.807) is 55.5 Å². The zero-order valence-electron chi connectivity index (χ0n) is 19.4. The standard InChI is InChI=1S/C25H27ClN2O5S/c1-17-8-13-23(33-4)24(14-17)34(30,31)28(21-6-5-7-22(15-21)32-3)16-25(29)27-18(2)19-9-11-20(26)12-10-19/h5-15,18H,16H2,1-4H3,(H,27,29)/t18-/m0/s1. The van der Waals surface area contributed by atoms with E-state index >= 15 is 0 Å². The maximum Gasteiger partial charge on any atom is 0.268 e. The molecule has 0 bridgehead atoms. The number of nitrogens with one attached hydrogen (secondary N) is 1. The van der Waals surface area contributed by atoms with E-state index in [0.717, 1.165) is 15.4 Å². The van der Waals surface area contributed by atoms with Gasteiger partial charge < -0.3 is 14.8 Å². The highest BCUT2D eigenvalue weighted by Crippen LogP contribution is 2.32. The molecule has 0 saturated carbocycles. The van der Waals surface area contributed by atoms with Crippen LogP contribution in [0.15, 0.2) is 71.6 Å². The van der Waals surface area contributed by atoms with Crippen LogP contribution in [0.4, 0.5) is 5.69 Å². The molecule has 0 aliphatic rings. The van der Waals surface area contributed by atoms with Gasteiger partial charge in [0.1, 0.15) is 22.9 Å². The second-order valence-electron chi connectivity index (χ2n) is 7.71. The molecule has 180 valence electrons. The van der Waals surface area contributed by atoms with Crippen molar-refractivity contribution in [3.8, 4) is 11.5 Å². The molecule has 0 saturated heterocycles. The molecule has 0 spiro atoms. The fraction of sp³-hybridized carbons (Fsp3) is 0.240. The number of rotatable bonds is 9. The number of sulfonamides is 1. The number of carbonyl (C=O) groups excluding carboxylic acids is 1. The third-order valence-electron chi connectivity index (χ3n) is 5.26. The van der Waals surface area contributed by atoms with Crippen molar-refractivity contribution in [3.05, 3.63) is 82.9 Å². The second-order valence-corrected chi connectivity index (χ2v) is 9.98. The predicted molar refractivity (Wildman–Crippen MR) is 133 cm³/mol. The highest BCUT2D eigenvalue weighted by Gasteiger charge is 2.31. The molecule has 3 rings (SSSR count). The molecule has 3 aromatic carbocycles. The topological polar surface area (TPSA) is 84.9 Å². The van der Waals surface area contributed by atoms with Crippen molar-refractivity contribution in [2.75, 3.05) is 25.1 Å². The molecule has 1 amide bonds. The SMILES string of the molecule is COc1cccc(N(CC(=O)N[C@@H](C)c2ccc(Cl)cc2)S(=O)(=O)c2cc(C)ccc2OC)c1. The largest absolute Gasteiger partial charge is 0.497 e. The van der Waals surface area contributed by atoms with E-state index in [9.17, 15) is 13.2 Å². The maximum absolute atomic E-state index is 13.8. The zero-order chi connectivity index (χ0) is 24.9. The molecule has 9 heteroatoms. The predicted octanol–water partition coefficient (Wildman–Crippen LogP) is 4.74. The van der Waals surface area contributed by atoms with E-state index < -0.39 is 22.5 Å². The van der Waals surface area contributed by atoms with Crippen molar-refractivity contribution >= 4 is 33.2 Å². The van der Waals surface area contributed by atoms with Gasteiger partial charge in [-0.3, -0.25) is 9.10 Å². The zero-order valence-corrected chi connectivity index (χ0v) is 21.0. The van der Waals surface area contributed by atoms with Crippen molar-refractivity contribution in [2.24, 2.45) is 0 Å². The summed E-state index contributed by atoms with van der Waals surface area (Å²) >= 11 is 5.95. The number of nitrogens with zero attached hydrogens (tertiary/aromatic N) is 1. The Hall–Kier alpha value is -3.23. The van der Waals surface area contributed by atoms with Gasteiger partial charge in [0, 0.05) is 11.1 Å². The quantitative estimate of drug-likeness (QED) is 0.457. The molecule has 0 radical (unpaired) electrons. The van der Waals surface area contributed by atoms with Gasteiger partial charge in [0.2, 0.25) is 5.91 Å². The van der Waals surface area contributed by atoms with Gasteiger partial charge in [-0.05, 0) is 61.4 Å². The van der Waals surface area contributed by atoms with Gasteiger partial charge in [-0.2, -0.15) is 0 Å². The lowest BCUT2D eigenvalue weighted by atomic mass is 10.1. The number of hydrogen-bond acceptors (Lipinski definition) is 5. The van der Waals surface area contributed by atoms with Crippen molar-refractivity contribution < 1.29 is 22.7 Å². The van der Waals surface area contributed by atoms with E-state index in [2.05, 4.69) is 5.32 Å². The molecular weight excluding hydrogens is 476 g/mol. The maximum atomic E-state index is 13.8. The van der Waals surface area contributed by atoms with Crippen LogP contribution in [0.3, 0.4) is 0 Å². The van der Waals surface area contributed by atoms with Crippen molar-refractivity contribution in [3.63, 3.8) is 0 Å². The van der Waals surface area contributed by atoms with Crippen LogP contribution >= 0.6 is 11.6 Å². The minimum atomic E-state index is -4.17. The molecule has 0 fully saturated rings. The molecule has 34 heavy (non-hydrogen) atoms. The van der Waals surface area contributed by atoms with Crippen LogP contribution in [0.1, 0.15) is 24.1 Å². The van der Waals surface area contributed by atoms with Gasteiger partial charge in [0.05, 0.1) is 25.9 Å². The highest BCUT2D eigenvalue weighted by atomic mass is 35.5. The summed E-state index contributed by atoms with van der Waals surface area (Å²) in [6.07, 6.45) is 0. The van der Waals surface area contributed by atoms with E-state index in [1.165, 1.54) is 20.3 Å². The third kappa shape index (κ3) is 5.81. The van der Waals surface area contributed by atoms with Crippen molar-refractivity contribution in [1.82, 2.24) is 5.32 Å². The van der Waals surface area contributed by atoms with Crippen LogP contribution in [-0.4, -0.2) is 35.1 Å². The fourth-order valence-electron chi connectivity index (χ4n) is 3.44. The number of aryl methyl sites for hydroxylation is 1. The molecule has 0 heterocycles. The number of hydrogen-bond donors (Lipinski definition) is 1. The Bertz CT molecular complexity index is 1260. The number of anilines is 1. The first-order valence-electron chi connectivity index (χ1n) is 10.5. The number of amides is 1.